The molecule has 0 bridgehead atoms. The molecule has 7 nitrogen and oxygen atoms in total. The van der Waals surface area contributed by atoms with E-state index in [0.29, 0.717) is 22.0 Å². The lowest BCUT2D eigenvalue weighted by Crippen LogP contribution is -2.37. The van der Waals surface area contributed by atoms with Gasteiger partial charge in [-0.25, -0.2) is 4.98 Å². The lowest BCUT2D eigenvalue weighted by molar-refractivity contribution is -0.119. The highest BCUT2D eigenvalue weighted by atomic mass is 32.2. The molecule has 2 heterocycles. The van der Waals surface area contributed by atoms with Crippen LogP contribution in [0.2, 0.25) is 0 Å². The molecule has 0 radical (unpaired) electrons. The quantitative estimate of drug-likeness (QED) is 0.369. The highest BCUT2D eigenvalue weighted by molar-refractivity contribution is 7.99. The highest BCUT2D eigenvalue weighted by Crippen LogP contribution is 2.27. The van der Waals surface area contributed by atoms with Crippen LogP contribution in [0, 0.1) is 0 Å². The minimum atomic E-state index is -0.124. The number of thiazole rings is 1. The predicted molar refractivity (Wildman–Crippen MR) is 121 cm³/mol. The van der Waals surface area contributed by atoms with Crippen molar-refractivity contribution in [2.24, 2.45) is 0 Å². The fourth-order valence-corrected chi connectivity index (χ4v) is 5.44. The van der Waals surface area contributed by atoms with Crippen molar-refractivity contribution in [2.45, 2.75) is 63.7 Å². The van der Waals surface area contributed by atoms with Crippen LogP contribution >= 0.6 is 23.1 Å². The lowest BCUT2D eigenvalue weighted by Gasteiger charge is -2.22. The van der Waals surface area contributed by atoms with E-state index in [4.69, 9.17) is 0 Å². The number of nitrogens with zero attached hydrogens (tertiary/aromatic N) is 4. The van der Waals surface area contributed by atoms with Crippen LogP contribution in [0.5, 0.6) is 0 Å². The molecule has 0 atom stereocenters. The average Bonchev–Trinajstić information content (AvgIpc) is 3.15. The summed E-state index contributed by atoms with van der Waals surface area (Å²) in [5, 5.41) is 4.43. The van der Waals surface area contributed by atoms with Crippen LogP contribution in [0.1, 0.15) is 46.0 Å². The van der Waals surface area contributed by atoms with E-state index >= 15 is 0 Å². The first-order chi connectivity index (χ1) is 14.1. The second-order valence-corrected chi connectivity index (χ2v) is 9.03. The minimum Gasteiger partial charge on any atom is -0.353 e. The maximum Gasteiger partial charge on any atom is 0.274 e. The number of carbonyl (C=O) groups excluding carboxylic acids is 1. The fraction of sp³-hybridized carbons (Fsp3) is 0.600. The Morgan fingerprint density at radius 1 is 1.31 bits per heavy atom. The molecule has 158 valence electrons. The number of allylic oxidation sites excluding steroid dienone is 1. The summed E-state index contributed by atoms with van der Waals surface area (Å²) in [5.74, 6) is 0.224. The van der Waals surface area contributed by atoms with E-state index < -0.39 is 0 Å². The summed E-state index contributed by atoms with van der Waals surface area (Å²) in [6, 6.07) is 0.276. The second kappa shape index (κ2) is 10.2. The number of rotatable bonds is 9. The van der Waals surface area contributed by atoms with Gasteiger partial charge in [0.25, 0.3) is 5.56 Å². The average molecular weight is 436 g/mol. The summed E-state index contributed by atoms with van der Waals surface area (Å²) in [7, 11) is 0. The van der Waals surface area contributed by atoms with Crippen LogP contribution in [0.15, 0.2) is 22.6 Å². The van der Waals surface area contributed by atoms with Gasteiger partial charge >= 0.3 is 0 Å². The third-order valence-electron chi connectivity index (χ3n) is 5.12. The molecule has 0 saturated heterocycles. The van der Waals surface area contributed by atoms with E-state index in [2.05, 4.69) is 40.6 Å². The first kappa shape index (κ1) is 21.8. The molecule has 0 aromatic carbocycles. The van der Waals surface area contributed by atoms with Gasteiger partial charge in [0, 0.05) is 25.7 Å². The van der Waals surface area contributed by atoms with Crippen LogP contribution in [0.3, 0.4) is 0 Å². The molecular formula is C20H29N5O2S2. The molecule has 1 aliphatic carbocycles. The smallest absolute Gasteiger partial charge is 0.274 e. The zero-order valence-corrected chi connectivity index (χ0v) is 18.8. The summed E-state index contributed by atoms with van der Waals surface area (Å²) in [6.45, 7) is 9.87. The van der Waals surface area contributed by atoms with Crippen molar-refractivity contribution in [1.29, 1.82) is 0 Å². The van der Waals surface area contributed by atoms with Gasteiger partial charge in [-0.1, -0.05) is 48.4 Å². The second-order valence-electron chi connectivity index (χ2n) is 7.11. The Balaban J connectivity index is 1.81. The molecule has 0 aliphatic heterocycles. The van der Waals surface area contributed by atoms with E-state index in [-0.39, 0.29) is 23.3 Å². The summed E-state index contributed by atoms with van der Waals surface area (Å²) >= 11 is 2.66. The molecule has 1 fully saturated rings. The highest BCUT2D eigenvalue weighted by Gasteiger charge is 2.19. The van der Waals surface area contributed by atoms with Crippen molar-refractivity contribution < 1.29 is 4.79 Å². The largest absolute Gasteiger partial charge is 0.353 e. The van der Waals surface area contributed by atoms with Crippen molar-refractivity contribution in [2.75, 3.05) is 23.7 Å². The number of anilines is 1. The van der Waals surface area contributed by atoms with Crippen molar-refractivity contribution >= 4 is 44.5 Å². The molecule has 1 saturated carbocycles. The van der Waals surface area contributed by atoms with Crippen LogP contribution in [-0.4, -0.2) is 45.3 Å². The molecular weight excluding hydrogens is 406 g/mol. The van der Waals surface area contributed by atoms with Crippen molar-refractivity contribution in [1.82, 2.24) is 19.9 Å². The molecule has 29 heavy (non-hydrogen) atoms. The number of fused-ring (bicyclic) bond motifs is 1. The van der Waals surface area contributed by atoms with Crippen molar-refractivity contribution in [3.05, 3.63) is 23.0 Å². The summed E-state index contributed by atoms with van der Waals surface area (Å²) in [5.41, 5.74) is 0.332. The predicted octanol–water partition coefficient (Wildman–Crippen LogP) is 3.43. The van der Waals surface area contributed by atoms with Gasteiger partial charge in [-0.3, -0.25) is 14.2 Å². The molecule has 1 aliphatic rings. The molecule has 9 heteroatoms. The number of amides is 1. The van der Waals surface area contributed by atoms with Crippen LogP contribution < -0.4 is 15.8 Å². The molecule has 1 N–H and O–H groups in total. The standard InChI is InChI=1S/C20H29N5O2S2/c1-4-12-25-18(27)16-17(22-19(29-16)24(5-2)6-3)23-20(25)28-13-15(26)21-14-10-8-7-9-11-14/h4,14H,1,5-13H2,2-3H3,(H,21,26). The fourth-order valence-electron chi connectivity index (χ4n) is 3.55. The number of hydrogen-bond acceptors (Lipinski definition) is 7. The summed E-state index contributed by atoms with van der Waals surface area (Å²) < 4.78 is 2.13. The Kier molecular flexibility index (Phi) is 7.71. The van der Waals surface area contributed by atoms with Gasteiger partial charge in [0.1, 0.15) is 4.70 Å². The maximum atomic E-state index is 13.0. The first-order valence-corrected chi connectivity index (χ1v) is 12.1. The molecule has 2 aromatic heterocycles. The van der Waals surface area contributed by atoms with Gasteiger partial charge in [0.05, 0.1) is 5.75 Å². The third-order valence-corrected chi connectivity index (χ3v) is 7.19. The van der Waals surface area contributed by atoms with Crippen molar-refractivity contribution in [3.63, 3.8) is 0 Å². The topological polar surface area (TPSA) is 80.1 Å². The number of thioether (sulfide) groups is 1. The maximum absolute atomic E-state index is 13.0. The van der Waals surface area contributed by atoms with E-state index in [1.807, 2.05) is 0 Å². The Bertz CT molecular complexity index is 913. The van der Waals surface area contributed by atoms with Crippen LogP contribution in [0.25, 0.3) is 10.3 Å². The SMILES string of the molecule is C=CCn1c(SCC(=O)NC2CCCCC2)nc2nc(N(CC)CC)sc2c1=O. The van der Waals surface area contributed by atoms with Gasteiger partial charge in [-0.15, -0.1) is 6.58 Å². The van der Waals surface area contributed by atoms with Gasteiger partial charge in [0.15, 0.2) is 15.9 Å². The van der Waals surface area contributed by atoms with E-state index in [1.54, 1.807) is 10.6 Å². The molecule has 0 spiro atoms. The van der Waals surface area contributed by atoms with Gasteiger partial charge in [-0.2, -0.15) is 4.98 Å². The molecule has 3 rings (SSSR count). The third kappa shape index (κ3) is 5.19. The van der Waals surface area contributed by atoms with Crippen LogP contribution in [-0.2, 0) is 11.3 Å². The summed E-state index contributed by atoms with van der Waals surface area (Å²) in [6.07, 6.45) is 7.38. The molecule has 0 unspecified atom stereocenters. The van der Waals surface area contributed by atoms with E-state index in [1.165, 1.54) is 42.4 Å². The van der Waals surface area contributed by atoms with Gasteiger partial charge in [0.2, 0.25) is 5.91 Å². The van der Waals surface area contributed by atoms with Crippen molar-refractivity contribution in [3.8, 4) is 0 Å². The number of hydrogen-bond donors (Lipinski definition) is 1. The lowest BCUT2D eigenvalue weighted by atomic mass is 9.95. The first-order valence-electron chi connectivity index (χ1n) is 10.3. The Labute approximate surface area is 179 Å². The Morgan fingerprint density at radius 3 is 2.69 bits per heavy atom. The van der Waals surface area contributed by atoms with E-state index in [9.17, 15) is 9.59 Å². The van der Waals surface area contributed by atoms with Gasteiger partial charge < -0.3 is 10.2 Å². The summed E-state index contributed by atoms with van der Waals surface area (Å²) in [4.78, 5) is 36.7. The molecule has 2 aromatic rings. The Morgan fingerprint density at radius 2 is 2.03 bits per heavy atom. The zero-order valence-electron chi connectivity index (χ0n) is 17.1. The number of aromatic nitrogens is 3. The minimum absolute atomic E-state index is 0.0106. The van der Waals surface area contributed by atoms with Crippen LogP contribution in [0.4, 0.5) is 5.13 Å². The Hall–Kier alpha value is -1.87. The number of carbonyl (C=O) groups is 1. The zero-order chi connectivity index (χ0) is 20.8. The normalized spacial score (nSPS) is 14.8. The monoisotopic (exact) mass is 435 g/mol. The molecule has 1 amide bonds. The van der Waals surface area contributed by atoms with E-state index in [0.717, 1.165) is 31.1 Å². The number of nitrogens with one attached hydrogen (secondary N) is 1. The van der Waals surface area contributed by atoms with Gasteiger partial charge in [-0.05, 0) is 26.7 Å².